The van der Waals surface area contributed by atoms with Gasteiger partial charge in [-0.3, -0.25) is 4.68 Å². The number of phenols is 1. The topological polar surface area (TPSA) is 79.1 Å². The lowest BCUT2D eigenvalue weighted by Gasteiger charge is -2.44. The van der Waals surface area contributed by atoms with Crippen molar-refractivity contribution in [2.75, 3.05) is 11.9 Å². The molecule has 2 bridgehead atoms. The Kier molecular flexibility index (Phi) is 4.69. The third kappa shape index (κ3) is 3.44. The van der Waals surface area contributed by atoms with Gasteiger partial charge in [0.05, 0.1) is 17.9 Å². The first kappa shape index (κ1) is 19.9. The Balaban J connectivity index is 1.36. The van der Waals surface area contributed by atoms with E-state index in [0.29, 0.717) is 23.1 Å². The molecule has 8 heteroatoms. The predicted octanol–water partition coefficient (Wildman–Crippen LogP) is 3.31. The molecule has 4 atom stereocenters. The molecule has 1 aromatic carbocycles. The number of rotatable bonds is 4. The SMILES string of the molecule is CN(c1ccc(-c2ccc(-c3cnn(C)c3)cc2O)nn1)[C@H]1C[C@@H]2CC[C@@](C)(N2)[C@H]1F. The minimum absolute atomic E-state index is 0.128. The lowest BCUT2D eigenvalue weighted by atomic mass is 9.86. The first-order chi connectivity index (χ1) is 14.8. The highest BCUT2D eigenvalue weighted by atomic mass is 19.1. The van der Waals surface area contributed by atoms with Crippen LogP contribution >= 0.6 is 0 Å². The zero-order valence-corrected chi connectivity index (χ0v) is 18.0. The van der Waals surface area contributed by atoms with Crippen LogP contribution in [0.15, 0.2) is 42.7 Å². The molecule has 4 heterocycles. The van der Waals surface area contributed by atoms with E-state index in [0.717, 1.165) is 30.4 Å². The van der Waals surface area contributed by atoms with Gasteiger partial charge in [0, 0.05) is 43.0 Å². The van der Waals surface area contributed by atoms with Crippen LogP contribution in [0.25, 0.3) is 22.4 Å². The van der Waals surface area contributed by atoms with E-state index in [1.165, 1.54) is 0 Å². The van der Waals surface area contributed by atoms with Crippen LogP contribution in [0.5, 0.6) is 5.75 Å². The van der Waals surface area contributed by atoms with Gasteiger partial charge < -0.3 is 15.3 Å². The van der Waals surface area contributed by atoms with Crippen molar-refractivity contribution < 1.29 is 9.50 Å². The molecular weight excluding hydrogens is 395 g/mol. The lowest BCUT2D eigenvalue weighted by Crippen LogP contribution is -2.62. The van der Waals surface area contributed by atoms with Crippen molar-refractivity contribution in [2.45, 2.75) is 50.0 Å². The number of alkyl halides is 1. The second-order valence-electron chi connectivity index (χ2n) is 9.02. The monoisotopic (exact) mass is 422 g/mol. The van der Waals surface area contributed by atoms with E-state index in [4.69, 9.17) is 0 Å². The Morgan fingerprint density at radius 2 is 2.06 bits per heavy atom. The predicted molar refractivity (Wildman–Crippen MR) is 118 cm³/mol. The summed E-state index contributed by atoms with van der Waals surface area (Å²) >= 11 is 0. The summed E-state index contributed by atoms with van der Waals surface area (Å²) in [5.74, 6) is 0.760. The average Bonchev–Trinajstić information content (AvgIpc) is 3.34. The molecular formula is C23H27FN6O. The summed E-state index contributed by atoms with van der Waals surface area (Å²) in [6.07, 6.45) is 5.31. The van der Waals surface area contributed by atoms with Crippen molar-refractivity contribution in [3.8, 4) is 28.1 Å². The lowest BCUT2D eigenvalue weighted by molar-refractivity contribution is 0.111. The number of hydrogen-bond acceptors (Lipinski definition) is 6. The van der Waals surface area contributed by atoms with Crippen molar-refractivity contribution >= 4 is 5.82 Å². The zero-order valence-electron chi connectivity index (χ0n) is 18.0. The molecule has 0 aliphatic carbocycles. The summed E-state index contributed by atoms with van der Waals surface area (Å²) in [5.41, 5.74) is 2.52. The smallest absolute Gasteiger partial charge is 0.151 e. The highest BCUT2D eigenvalue weighted by molar-refractivity contribution is 5.74. The number of nitrogens with one attached hydrogen (secondary N) is 1. The molecule has 7 nitrogen and oxygen atoms in total. The van der Waals surface area contributed by atoms with Gasteiger partial charge in [0.15, 0.2) is 5.82 Å². The number of fused-ring (bicyclic) bond motifs is 2. The molecule has 0 saturated carbocycles. The van der Waals surface area contributed by atoms with Crippen LogP contribution in [0.2, 0.25) is 0 Å². The van der Waals surface area contributed by atoms with Gasteiger partial charge in [-0.05, 0) is 56.0 Å². The van der Waals surface area contributed by atoms with Crippen molar-refractivity contribution in [2.24, 2.45) is 7.05 Å². The highest BCUT2D eigenvalue weighted by Crippen LogP contribution is 2.40. The Bertz CT molecular complexity index is 1100. The maximum Gasteiger partial charge on any atom is 0.151 e. The minimum atomic E-state index is -0.971. The van der Waals surface area contributed by atoms with Gasteiger partial charge in [0.25, 0.3) is 0 Å². The number of piperidine rings is 1. The van der Waals surface area contributed by atoms with Gasteiger partial charge >= 0.3 is 0 Å². The molecule has 2 aliphatic rings. The highest BCUT2D eigenvalue weighted by Gasteiger charge is 2.51. The molecule has 2 aliphatic heterocycles. The van der Waals surface area contributed by atoms with E-state index in [9.17, 15) is 5.11 Å². The molecule has 31 heavy (non-hydrogen) atoms. The molecule has 0 radical (unpaired) electrons. The molecule has 0 spiro atoms. The maximum atomic E-state index is 15.2. The van der Waals surface area contributed by atoms with E-state index in [1.54, 1.807) is 16.9 Å². The third-order valence-corrected chi connectivity index (χ3v) is 6.84. The van der Waals surface area contributed by atoms with Crippen LogP contribution in [0.3, 0.4) is 0 Å². The summed E-state index contributed by atoms with van der Waals surface area (Å²) in [6.45, 7) is 1.98. The van der Waals surface area contributed by atoms with Gasteiger partial charge in [-0.1, -0.05) is 6.07 Å². The fraction of sp³-hybridized carbons (Fsp3) is 0.435. The number of halogens is 1. The van der Waals surface area contributed by atoms with Crippen LogP contribution < -0.4 is 10.2 Å². The molecule has 2 aromatic heterocycles. The first-order valence-electron chi connectivity index (χ1n) is 10.6. The number of aryl methyl sites for hydroxylation is 1. The first-order valence-corrected chi connectivity index (χ1v) is 10.6. The third-order valence-electron chi connectivity index (χ3n) is 6.84. The second-order valence-corrected chi connectivity index (χ2v) is 9.02. The fourth-order valence-corrected chi connectivity index (χ4v) is 4.99. The Hall–Kier alpha value is -3.00. The largest absolute Gasteiger partial charge is 0.507 e. The molecule has 0 unspecified atom stereocenters. The van der Waals surface area contributed by atoms with E-state index >= 15 is 4.39 Å². The molecule has 2 N–H and O–H groups in total. The van der Waals surface area contributed by atoms with Crippen molar-refractivity contribution in [1.82, 2.24) is 25.3 Å². The number of phenolic OH excluding ortho intramolecular Hbond substituents is 1. The van der Waals surface area contributed by atoms with Crippen molar-refractivity contribution in [3.05, 3.63) is 42.7 Å². The van der Waals surface area contributed by atoms with E-state index in [-0.39, 0.29) is 11.8 Å². The van der Waals surface area contributed by atoms with Crippen LogP contribution in [-0.4, -0.2) is 55.9 Å². The Labute approximate surface area is 180 Å². The standard InChI is InChI=1S/C23H27FN6O/c1-23-9-8-16(26-23)11-19(22(23)24)30(3)21-7-6-18(27-28-21)17-5-4-14(10-20(17)31)15-12-25-29(2)13-15/h4-7,10,12-13,16,19,22,26,31H,8-9,11H2,1-3H3/t16-,19-,22-,23+/m0/s1. The van der Waals surface area contributed by atoms with Crippen molar-refractivity contribution in [1.29, 1.82) is 0 Å². The number of anilines is 1. The molecule has 2 saturated heterocycles. The van der Waals surface area contributed by atoms with Gasteiger partial charge in [0.2, 0.25) is 0 Å². The van der Waals surface area contributed by atoms with Gasteiger partial charge in [0.1, 0.15) is 11.9 Å². The Morgan fingerprint density at radius 1 is 1.23 bits per heavy atom. The number of nitrogens with zero attached hydrogens (tertiary/aromatic N) is 5. The summed E-state index contributed by atoms with van der Waals surface area (Å²) in [4.78, 5) is 1.91. The van der Waals surface area contributed by atoms with Gasteiger partial charge in [-0.25, -0.2) is 4.39 Å². The maximum absolute atomic E-state index is 15.2. The average molecular weight is 423 g/mol. The van der Waals surface area contributed by atoms with Crippen molar-refractivity contribution in [3.63, 3.8) is 0 Å². The summed E-state index contributed by atoms with van der Waals surface area (Å²) < 4.78 is 17.0. The Morgan fingerprint density at radius 3 is 2.74 bits per heavy atom. The molecule has 0 amide bonds. The minimum Gasteiger partial charge on any atom is -0.507 e. The fourth-order valence-electron chi connectivity index (χ4n) is 4.99. The van der Waals surface area contributed by atoms with Gasteiger partial charge in [-0.2, -0.15) is 5.10 Å². The zero-order chi connectivity index (χ0) is 21.8. The molecule has 162 valence electrons. The van der Waals surface area contributed by atoms with E-state index in [2.05, 4.69) is 20.6 Å². The summed E-state index contributed by atoms with van der Waals surface area (Å²) in [5, 5.41) is 26.8. The van der Waals surface area contributed by atoms with Crippen LogP contribution in [0, 0.1) is 0 Å². The second kappa shape index (κ2) is 7.30. The van der Waals surface area contributed by atoms with E-state index in [1.807, 2.05) is 56.4 Å². The number of aromatic nitrogens is 4. The summed E-state index contributed by atoms with van der Waals surface area (Å²) in [7, 11) is 3.74. The molecule has 2 fully saturated rings. The van der Waals surface area contributed by atoms with E-state index < -0.39 is 11.7 Å². The van der Waals surface area contributed by atoms with Gasteiger partial charge in [-0.15, -0.1) is 10.2 Å². The normalized spacial score (nSPS) is 27.4. The molecule has 5 rings (SSSR count). The van der Waals surface area contributed by atoms with Crippen LogP contribution in [0.4, 0.5) is 10.2 Å². The molecule has 3 aromatic rings. The summed E-state index contributed by atoms with van der Waals surface area (Å²) in [6, 6.07) is 9.24. The van der Waals surface area contributed by atoms with Crippen LogP contribution in [-0.2, 0) is 7.05 Å². The number of benzene rings is 1. The quantitative estimate of drug-likeness (QED) is 0.672. The van der Waals surface area contributed by atoms with Crippen LogP contribution in [0.1, 0.15) is 26.2 Å². The number of hydrogen-bond donors (Lipinski definition) is 2. The number of aromatic hydroxyl groups is 1.